The number of nitrogens with one attached hydrogen (secondary N) is 1. The molecule has 1 saturated heterocycles. The lowest BCUT2D eigenvalue weighted by Gasteiger charge is -2.19. The predicted octanol–water partition coefficient (Wildman–Crippen LogP) is -0.777. The van der Waals surface area contributed by atoms with Gasteiger partial charge in [-0.2, -0.15) is 4.31 Å². The van der Waals surface area contributed by atoms with Crippen molar-refractivity contribution in [3.63, 3.8) is 0 Å². The molecule has 2 unspecified atom stereocenters. The number of carboxylic acids is 1. The first-order valence-corrected chi connectivity index (χ1v) is 6.42. The van der Waals surface area contributed by atoms with Crippen LogP contribution in [0.4, 0.5) is 0 Å². The molecule has 0 amide bonds. The van der Waals surface area contributed by atoms with E-state index >= 15 is 0 Å². The van der Waals surface area contributed by atoms with Gasteiger partial charge in [0, 0.05) is 25.4 Å². The van der Waals surface area contributed by atoms with Crippen LogP contribution in [0.1, 0.15) is 6.42 Å². The fourth-order valence-corrected chi connectivity index (χ4v) is 3.49. The number of nitrogens with zero attached hydrogens (tertiary/aromatic N) is 1. The summed E-state index contributed by atoms with van der Waals surface area (Å²) in [7, 11) is -3.86. The molecule has 2 rings (SSSR count). The van der Waals surface area contributed by atoms with Gasteiger partial charge in [-0.3, -0.25) is 4.79 Å². The largest absolute Gasteiger partial charge is 0.480 e. The Balaban J connectivity index is 2.36. The number of H-pyrrole nitrogens is 1. The maximum absolute atomic E-state index is 12.1. The first-order chi connectivity index (χ1) is 7.93. The quantitative estimate of drug-likeness (QED) is 0.660. The maximum atomic E-state index is 12.1. The van der Waals surface area contributed by atoms with Crippen molar-refractivity contribution < 1.29 is 23.4 Å². The molecule has 1 aromatic rings. The van der Waals surface area contributed by atoms with Crippen LogP contribution < -0.4 is 0 Å². The first-order valence-electron chi connectivity index (χ1n) is 4.98. The van der Waals surface area contributed by atoms with Crippen molar-refractivity contribution in [2.75, 3.05) is 6.54 Å². The van der Waals surface area contributed by atoms with Crippen LogP contribution in [0, 0.1) is 0 Å². The number of carboxylic acid groups (broad SMARTS) is 1. The van der Waals surface area contributed by atoms with E-state index < -0.39 is 28.1 Å². The fraction of sp³-hybridized carbons (Fsp3) is 0.444. The number of aliphatic hydroxyl groups excluding tert-OH is 1. The van der Waals surface area contributed by atoms with Crippen LogP contribution in [-0.2, 0) is 14.8 Å². The van der Waals surface area contributed by atoms with Gasteiger partial charge >= 0.3 is 5.97 Å². The molecule has 1 fully saturated rings. The van der Waals surface area contributed by atoms with E-state index in [0.29, 0.717) is 0 Å². The smallest absolute Gasteiger partial charge is 0.322 e. The number of rotatable bonds is 3. The normalized spacial score (nSPS) is 26.2. The SMILES string of the molecule is O=C(O)C1CC(O)CN1S(=O)(=O)c1cc[nH]c1. The number of aromatic amines is 1. The minimum absolute atomic E-state index is 0.00199. The van der Waals surface area contributed by atoms with Gasteiger partial charge in [0.05, 0.1) is 11.0 Å². The van der Waals surface area contributed by atoms with Crippen LogP contribution in [0.3, 0.4) is 0 Å². The molecule has 17 heavy (non-hydrogen) atoms. The third-order valence-electron chi connectivity index (χ3n) is 2.69. The summed E-state index contributed by atoms with van der Waals surface area (Å²) in [5.41, 5.74) is 0. The van der Waals surface area contributed by atoms with E-state index in [1.807, 2.05) is 0 Å². The number of β-amino-alcohol motifs (C(OH)–C–C–N with tert-alkyl or cyclic N) is 1. The molecule has 2 heterocycles. The minimum Gasteiger partial charge on any atom is -0.480 e. The molecule has 94 valence electrons. The Morgan fingerprint density at radius 3 is 2.76 bits per heavy atom. The number of aliphatic hydroxyl groups is 1. The first kappa shape index (κ1) is 12.1. The summed E-state index contributed by atoms with van der Waals surface area (Å²) in [6, 6.07) is 0.142. The summed E-state index contributed by atoms with van der Waals surface area (Å²) in [6.07, 6.45) is 1.69. The zero-order valence-corrected chi connectivity index (χ0v) is 9.59. The molecule has 3 N–H and O–H groups in total. The number of hydrogen-bond donors (Lipinski definition) is 3. The summed E-state index contributed by atoms with van der Waals surface area (Å²) < 4.78 is 25.0. The Labute approximate surface area is 97.7 Å². The van der Waals surface area contributed by atoms with Gasteiger partial charge in [-0.15, -0.1) is 0 Å². The second-order valence-corrected chi connectivity index (χ2v) is 5.76. The highest BCUT2D eigenvalue weighted by atomic mass is 32.2. The van der Waals surface area contributed by atoms with Gasteiger partial charge in [0.25, 0.3) is 0 Å². The Kier molecular flexibility index (Phi) is 2.94. The molecule has 8 heteroatoms. The molecule has 1 aliphatic heterocycles. The van der Waals surface area contributed by atoms with Gasteiger partial charge in [0.1, 0.15) is 6.04 Å². The Bertz CT molecular complexity index is 509. The zero-order valence-electron chi connectivity index (χ0n) is 8.78. The van der Waals surface area contributed by atoms with Crippen LogP contribution >= 0.6 is 0 Å². The van der Waals surface area contributed by atoms with Gasteiger partial charge in [0.15, 0.2) is 0 Å². The summed E-state index contributed by atoms with van der Waals surface area (Å²) in [5, 5.41) is 18.3. The Morgan fingerprint density at radius 2 is 2.24 bits per heavy atom. The topological polar surface area (TPSA) is 111 Å². The van der Waals surface area contributed by atoms with Crippen molar-refractivity contribution in [1.29, 1.82) is 0 Å². The van der Waals surface area contributed by atoms with Crippen molar-refractivity contribution in [3.8, 4) is 0 Å². The van der Waals surface area contributed by atoms with Crippen LogP contribution in [-0.4, -0.2) is 52.6 Å². The standard InChI is InChI=1S/C9H12N2O5S/c12-6-3-8(9(13)14)11(5-6)17(15,16)7-1-2-10-4-7/h1-2,4,6,8,10,12H,3,5H2,(H,13,14). The lowest BCUT2D eigenvalue weighted by atomic mass is 10.2. The molecule has 0 bridgehead atoms. The molecule has 1 aliphatic rings. The molecular weight excluding hydrogens is 248 g/mol. The van der Waals surface area contributed by atoms with Gasteiger partial charge in [-0.1, -0.05) is 0 Å². The third kappa shape index (κ3) is 2.06. The van der Waals surface area contributed by atoms with Crippen LogP contribution in [0.2, 0.25) is 0 Å². The van der Waals surface area contributed by atoms with Crippen molar-refractivity contribution in [1.82, 2.24) is 9.29 Å². The highest BCUT2D eigenvalue weighted by Crippen LogP contribution is 2.26. The van der Waals surface area contributed by atoms with E-state index in [2.05, 4.69) is 4.98 Å². The Hall–Kier alpha value is -1.38. The summed E-state index contributed by atoms with van der Waals surface area (Å²) >= 11 is 0. The van der Waals surface area contributed by atoms with Crippen LogP contribution in [0.5, 0.6) is 0 Å². The minimum atomic E-state index is -3.86. The van der Waals surface area contributed by atoms with Gasteiger partial charge in [0.2, 0.25) is 10.0 Å². The lowest BCUT2D eigenvalue weighted by Crippen LogP contribution is -2.40. The van der Waals surface area contributed by atoms with Gasteiger partial charge in [-0.25, -0.2) is 8.42 Å². The highest BCUT2D eigenvalue weighted by Gasteiger charge is 2.43. The molecule has 0 spiro atoms. The number of carbonyl (C=O) groups is 1. The van der Waals surface area contributed by atoms with E-state index in [-0.39, 0.29) is 17.9 Å². The maximum Gasteiger partial charge on any atom is 0.322 e. The van der Waals surface area contributed by atoms with E-state index in [0.717, 1.165) is 4.31 Å². The van der Waals surface area contributed by atoms with Crippen molar-refractivity contribution >= 4 is 16.0 Å². The molecular formula is C9H12N2O5S. The van der Waals surface area contributed by atoms with Crippen molar-refractivity contribution in [2.24, 2.45) is 0 Å². The van der Waals surface area contributed by atoms with Gasteiger partial charge < -0.3 is 15.2 Å². The summed E-state index contributed by atoms with van der Waals surface area (Å²) in [6.45, 7) is -0.190. The lowest BCUT2D eigenvalue weighted by molar-refractivity contribution is -0.140. The molecule has 2 atom stereocenters. The second kappa shape index (κ2) is 4.13. The van der Waals surface area contributed by atoms with Gasteiger partial charge in [-0.05, 0) is 6.07 Å². The molecule has 0 radical (unpaired) electrons. The molecule has 0 aromatic carbocycles. The van der Waals surface area contributed by atoms with Crippen LogP contribution in [0.25, 0.3) is 0 Å². The van der Waals surface area contributed by atoms with E-state index in [9.17, 15) is 18.3 Å². The highest BCUT2D eigenvalue weighted by molar-refractivity contribution is 7.89. The second-order valence-electron chi connectivity index (χ2n) is 3.86. The van der Waals surface area contributed by atoms with Crippen molar-refractivity contribution in [3.05, 3.63) is 18.5 Å². The van der Waals surface area contributed by atoms with Crippen LogP contribution in [0.15, 0.2) is 23.4 Å². The molecule has 1 aromatic heterocycles. The fourth-order valence-electron chi connectivity index (χ4n) is 1.88. The van der Waals surface area contributed by atoms with E-state index in [1.54, 1.807) is 0 Å². The number of aliphatic carboxylic acids is 1. The van der Waals surface area contributed by atoms with Crippen molar-refractivity contribution in [2.45, 2.75) is 23.5 Å². The van der Waals surface area contributed by atoms with E-state index in [4.69, 9.17) is 5.11 Å². The molecule has 0 saturated carbocycles. The monoisotopic (exact) mass is 260 g/mol. The summed E-state index contributed by atoms with van der Waals surface area (Å²) in [4.78, 5) is 13.5. The predicted molar refractivity (Wildman–Crippen MR) is 56.7 cm³/mol. The number of aromatic nitrogens is 1. The number of sulfonamides is 1. The average molecular weight is 260 g/mol. The molecule has 0 aliphatic carbocycles. The molecule has 7 nitrogen and oxygen atoms in total. The number of hydrogen-bond acceptors (Lipinski definition) is 4. The summed E-state index contributed by atoms with van der Waals surface area (Å²) in [5.74, 6) is -1.25. The third-order valence-corrected chi connectivity index (χ3v) is 4.57. The zero-order chi connectivity index (χ0) is 12.6. The van der Waals surface area contributed by atoms with E-state index in [1.165, 1.54) is 18.5 Å². The Morgan fingerprint density at radius 1 is 1.53 bits per heavy atom. The average Bonchev–Trinajstić information content (AvgIpc) is 2.84.